The van der Waals surface area contributed by atoms with Gasteiger partial charge in [-0.05, 0) is 24.7 Å². The first-order valence-electron chi connectivity index (χ1n) is 8.38. The van der Waals surface area contributed by atoms with E-state index < -0.39 is 0 Å². The van der Waals surface area contributed by atoms with Gasteiger partial charge in [-0.2, -0.15) is 0 Å². The number of likely N-dealkylation sites (tertiary alicyclic amines) is 2. The Balaban J connectivity index is 1.69. The zero-order valence-electron chi connectivity index (χ0n) is 13.8. The van der Waals surface area contributed by atoms with E-state index in [2.05, 4.69) is 4.98 Å². The summed E-state index contributed by atoms with van der Waals surface area (Å²) in [5, 5.41) is 0.174. The second-order valence-corrected chi connectivity index (χ2v) is 7.18. The van der Waals surface area contributed by atoms with Gasteiger partial charge in [-0.3, -0.25) is 14.4 Å². The fourth-order valence-corrected chi connectivity index (χ4v) is 3.82. The molecule has 130 valence electrons. The number of H-pyrrole nitrogens is 1. The lowest BCUT2D eigenvalue weighted by atomic mass is 9.82. The fourth-order valence-electron chi connectivity index (χ4n) is 3.61. The maximum atomic E-state index is 12.7. The molecule has 2 aliphatic rings. The Morgan fingerprint density at radius 1 is 1.12 bits per heavy atom. The average Bonchev–Trinajstić information content (AvgIpc) is 2.69. The van der Waals surface area contributed by atoms with Crippen molar-refractivity contribution in [3.8, 4) is 0 Å². The Bertz CT molecular complexity index is 697. The van der Waals surface area contributed by atoms with Gasteiger partial charge >= 0.3 is 0 Å². The molecule has 1 atom stereocenters. The normalized spacial score (nSPS) is 22.0. The van der Waals surface area contributed by atoms with Crippen LogP contribution in [0.25, 0.3) is 0 Å². The predicted molar refractivity (Wildman–Crippen MR) is 91.1 cm³/mol. The number of nitrogens with zero attached hydrogens (tertiary/aromatic N) is 2. The van der Waals surface area contributed by atoms with Gasteiger partial charge in [0.25, 0.3) is 5.91 Å². The molecule has 0 aliphatic carbocycles. The minimum atomic E-state index is -0.274. The second-order valence-electron chi connectivity index (χ2n) is 6.77. The van der Waals surface area contributed by atoms with E-state index >= 15 is 0 Å². The van der Waals surface area contributed by atoms with Gasteiger partial charge in [0, 0.05) is 45.2 Å². The van der Waals surface area contributed by atoms with Crippen molar-refractivity contribution in [1.29, 1.82) is 0 Å². The van der Waals surface area contributed by atoms with E-state index in [0.717, 1.165) is 32.4 Å². The summed E-state index contributed by atoms with van der Waals surface area (Å²) in [6, 6.07) is 2.56. The molecule has 2 fully saturated rings. The molecule has 24 heavy (non-hydrogen) atoms. The van der Waals surface area contributed by atoms with Crippen LogP contribution in [-0.4, -0.2) is 52.8 Å². The second kappa shape index (κ2) is 6.97. The maximum absolute atomic E-state index is 12.7. The number of carbonyl (C=O) groups excluding carboxylic acids is 2. The van der Waals surface area contributed by atoms with E-state index in [1.807, 2.05) is 9.80 Å². The van der Waals surface area contributed by atoms with Crippen molar-refractivity contribution in [3.05, 3.63) is 33.2 Å². The van der Waals surface area contributed by atoms with Crippen molar-refractivity contribution >= 4 is 23.4 Å². The minimum absolute atomic E-state index is 0.115. The van der Waals surface area contributed by atoms with Crippen molar-refractivity contribution in [2.24, 2.45) is 11.8 Å². The largest absolute Gasteiger partial charge is 0.342 e. The highest BCUT2D eigenvalue weighted by Crippen LogP contribution is 2.31. The summed E-state index contributed by atoms with van der Waals surface area (Å²) in [7, 11) is 0. The predicted octanol–water partition coefficient (Wildman–Crippen LogP) is 1.75. The van der Waals surface area contributed by atoms with Gasteiger partial charge in [0.15, 0.2) is 5.43 Å². The summed E-state index contributed by atoms with van der Waals surface area (Å²) in [6.07, 6.45) is 3.11. The number of rotatable bonds is 2. The van der Waals surface area contributed by atoms with Crippen LogP contribution in [0.3, 0.4) is 0 Å². The Morgan fingerprint density at radius 3 is 2.50 bits per heavy atom. The van der Waals surface area contributed by atoms with E-state index in [0.29, 0.717) is 24.9 Å². The first-order valence-corrected chi connectivity index (χ1v) is 8.76. The first kappa shape index (κ1) is 17.0. The monoisotopic (exact) mass is 351 g/mol. The van der Waals surface area contributed by atoms with Crippen LogP contribution < -0.4 is 5.43 Å². The lowest BCUT2D eigenvalue weighted by Crippen LogP contribution is -2.53. The number of pyridine rings is 1. The van der Waals surface area contributed by atoms with Crippen LogP contribution in [0.1, 0.15) is 36.7 Å². The topological polar surface area (TPSA) is 73.5 Å². The first-order chi connectivity index (χ1) is 11.4. The molecule has 3 rings (SSSR count). The number of hydrogen-bond donors (Lipinski definition) is 1. The summed E-state index contributed by atoms with van der Waals surface area (Å²) in [6.45, 7) is 4.53. The SMILES string of the molecule is CC(=O)N1CC(C2CCCCN(C(=O)c3cc(=O)cc(Cl)[nH]3)C2)C1. The number of amides is 2. The number of halogens is 1. The van der Waals surface area contributed by atoms with Gasteiger partial charge in [0.2, 0.25) is 5.91 Å². The third kappa shape index (κ3) is 3.64. The molecule has 0 spiro atoms. The van der Waals surface area contributed by atoms with Crippen LogP contribution in [-0.2, 0) is 4.79 Å². The molecule has 0 saturated carbocycles. The summed E-state index contributed by atoms with van der Waals surface area (Å²) >= 11 is 5.86. The number of aromatic nitrogens is 1. The third-order valence-corrected chi connectivity index (χ3v) is 5.26. The Labute approximate surface area is 145 Å². The highest BCUT2D eigenvalue weighted by molar-refractivity contribution is 6.29. The molecule has 0 bridgehead atoms. The maximum Gasteiger partial charge on any atom is 0.270 e. The van der Waals surface area contributed by atoms with Crippen molar-refractivity contribution < 1.29 is 9.59 Å². The van der Waals surface area contributed by atoms with E-state index in [1.165, 1.54) is 12.1 Å². The molecule has 0 radical (unpaired) electrons. The smallest absolute Gasteiger partial charge is 0.270 e. The van der Waals surface area contributed by atoms with Crippen molar-refractivity contribution in [2.75, 3.05) is 26.2 Å². The molecule has 1 unspecified atom stereocenters. The fraction of sp³-hybridized carbons (Fsp3) is 0.588. The lowest BCUT2D eigenvalue weighted by molar-refractivity contribution is -0.136. The minimum Gasteiger partial charge on any atom is -0.342 e. The number of aromatic amines is 1. The van der Waals surface area contributed by atoms with E-state index in [-0.39, 0.29) is 28.1 Å². The quantitative estimate of drug-likeness (QED) is 0.825. The van der Waals surface area contributed by atoms with Crippen LogP contribution in [0, 0.1) is 11.8 Å². The summed E-state index contributed by atoms with van der Waals surface area (Å²) in [4.78, 5) is 42.1. The molecule has 3 heterocycles. The zero-order chi connectivity index (χ0) is 17.3. The molecule has 1 N–H and O–H groups in total. The highest BCUT2D eigenvalue weighted by atomic mass is 35.5. The molecule has 7 heteroatoms. The molecule has 2 aliphatic heterocycles. The molecular weight excluding hydrogens is 330 g/mol. The molecule has 1 aromatic rings. The molecule has 1 aromatic heterocycles. The van der Waals surface area contributed by atoms with E-state index in [4.69, 9.17) is 11.6 Å². The third-order valence-electron chi connectivity index (χ3n) is 5.06. The Morgan fingerprint density at radius 2 is 1.83 bits per heavy atom. The Hall–Kier alpha value is -1.82. The Kier molecular flexibility index (Phi) is 4.94. The van der Waals surface area contributed by atoms with Gasteiger partial charge < -0.3 is 14.8 Å². The van der Waals surface area contributed by atoms with Crippen LogP contribution >= 0.6 is 11.6 Å². The number of carbonyl (C=O) groups is 2. The molecular formula is C17H22ClN3O3. The van der Waals surface area contributed by atoms with Crippen LogP contribution in [0.5, 0.6) is 0 Å². The summed E-state index contributed by atoms with van der Waals surface area (Å²) < 4.78 is 0. The van der Waals surface area contributed by atoms with Gasteiger partial charge in [-0.25, -0.2) is 0 Å². The summed E-state index contributed by atoms with van der Waals surface area (Å²) in [5.41, 5.74) is -0.0308. The summed E-state index contributed by atoms with van der Waals surface area (Å²) in [5.74, 6) is 0.798. The van der Waals surface area contributed by atoms with Gasteiger partial charge in [-0.1, -0.05) is 18.0 Å². The highest BCUT2D eigenvalue weighted by Gasteiger charge is 2.37. The molecule has 6 nitrogen and oxygen atoms in total. The molecule has 2 saturated heterocycles. The van der Waals surface area contributed by atoms with Gasteiger partial charge in [-0.15, -0.1) is 0 Å². The lowest BCUT2D eigenvalue weighted by Gasteiger charge is -2.43. The van der Waals surface area contributed by atoms with Crippen LogP contribution in [0.2, 0.25) is 5.15 Å². The average molecular weight is 352 g/mol. The van der Waals surface area contributed by atoms with Gasteiger partial charge in [0.1, 0.15) is 10.8 Å². The number of nitrogens with one attached hydrogen (secondary N) is 1. The van der Waals surface area contributed by atoms with Crippen molar-refractivity contribution in [2.45, 2.75) is 26.2 Å². The van der Waals surface area contributed by atoms with Crippen molar-refractivity contribution in [1.82, 2.24) is 14.8 Å². The zero-order valence-corrected chi connectivity index (χ0v) is 14.5. The van der Waals surface area contributed by atoms with Crippen LogP contribution in [0.4, 0.5) is 0 Å². The van der Waals surface area contributed by atoms with Crippen LogP contribution in [0.15, 0.2) is 16.9 Å². The van der Waals surface area contributed by atoms with Crippen molar-refractivity contribution in [3.63, 3.8) is 0 Å². The van der Waals surface area contributed by atoms with E-state index in [1.54, 1.807) is 6.92 Å². The van der Waals surface area contributed by atoms with Gasteiger partial charge in [0.05, 0.1) is 0 Å². The molecule has 0 aromatic carbocycles. The standard InChI is InChI=1S/C17H22ClN3O3/c1-11(22)21-9-13(10-21)12-4-2-3-5-20(8-12)17(24)15-6-14(23)7-16(18)19-15/h6-7,12-13H,2-5,8-10H2,1H3,(H,19,23). The van der Waals surface area contributed by atoms with E-state index in [9.17, 15) is 14.4 Å². The molecule has 2 amide bonds. The number of hydrogen-bond acceptors (Lipinski definition) is 3.